The molecule has 1 amide bonds. The first-order chi connectivity index (χ1) is 22.2. The van der Waals surface area contributed by atoms with Gasteiger partial charge < -0.3 is 33.4 Å². The van der Waals surface area contributed by atoms with E-state index in [9.17, 15) is 19.7 Å². The standard InChI is InChI=1S/C31H32F2N4O10/c1-31(2,3)47-30(39)36(4)27-17-13-23(35-18-9-8-16(45-11-10-42-5)12-19(18)37(40)41)34-15-22(17)46-29(27)28(38)24-25(32)20(43-6)14-21(44-7)26(24)33/h8-9,12-15H,10-11H2,1-7H3,(H,34,35). The normalized spacial score (nSPS) is 11.3. The number of methoxy groups -OCH3 is 3. The van der Waals surface area contributed by atoms with Crippen LogP contribution in [0.25, 0.3) is 11.0 Å². The smallest absolute Gasteiger partial charge is 0.414 e. The SMILES string of the molecule is COCCOc1ccc(Nc2cc3c(N(C)C(=O)OC(C)(C)C)c(C(=O)c4c(F)c(OC)cc(OC)c4F)oc3cn2)c([N+](=O)[O-])c1. The molecule has 47 heavy (non-hydrogen) atoms. The van der Waals surface area contributed by atoms with E-state index in [0.717, 1.165) is 25.2 Å². The first-order valence-electron chi connectivity index (χ1n) is 13.9. The summed E-state index contributed by atoms with van der Waals surface area (Å²) in [4.78, 5) is 43.5. The molecule has 2 aromatic carbocycles. The van der Waals surface area contributed by atoms with Gasteiger partial charge in [-0.1, -0.05) is 0 Å². The monoisotopic (exact) mass is 658 g/mol. The Hall–Kier alpha value is -5.51. The van der Waals surface area contributed by atoms with Gasteiger partial charge in [0.1, 0.15) is 40.7 Å². The van der Waals surface area contributed by atoms with E-state index < -0.39 is 56.9 Å². The Kier molecular flexibility index (Phi) is 10.1. The van der Waals surface area contributed by atoms with Gasteiger partial charge in [-0.2, -0.15) is 0 Å². The third-order valence-electron chi connectivity index (χ3n) is 6.54. The van der Waals surface area contributed by atoms with Gasteiger partial charge in [-0.3, -0.25) is 19.8 Å². The van der Waals surface area contributed by atoms with Crippen LogP contribution in [0, 0.1) is 21.7 Å². The highest BCUT2D eigenvalue weighted by Crippen LogP contribution is 2.40. The Bertz CT molecular complexity index is 1810. The van der Waals surface area contributed by atoms with Crippen molar-refractivity contribution in [2.24, 2.45) is 0 Å². The zero-order valence-corrected chi connectivity index (χ0v) is 26.6. The average molecular weight is 659 g/mol. The molecule has 0 atom stereocenters. The molecule has 0 aliphatic heterocycles. The van der Waals surface area contributed by atoms with Crippen LogP contribution in [0.1, 0.15) is 36.9 Å². The van der Waals surface area contributed by atoms with Crippen molar-refractivity contribution in [2.75, 3.05) is 51.8 Å². The molecule has 0 aliphatic carbocycles. The largest absolute Gasteiger partial charge is 0.494 e. The predicted molar refractivity (Wildman–Crippen MR) is 165 cm³/mol. The number of fused-ring (bicyclic) bond motifs is 1. The molecule has 2 aromatic heterocycles. The van der Waals surface area contributed by atoms with E-state index in [1.54, 1.807) is 20.8 Å². The molecule has 4 rings (SSSR count). The minimum atomic E-state index is -1.33. The lowest BCUT2D eigenvalue weighted by atomic mass is 10.0. The van der Waals surface area contributed by atoms with Crippen LogP contribution < -0.4 is 24.4 Å². The Morgan fingerprint density at radius 3 is 2.28 bits per heavy atom. The first-order valence-corrected chi connectivity index (χ1v) is 13.9. The number of hydrogen-bond acceptors (Lipinski definition) is 12. The summed E-state index contributed by atoms with van der Waals surface area (Å²) in [6.07, 6.45) is 0.248. The third kappa shape index (κ3) is 7.33. The van der Waals surface area contributed by atoms with Crippen LogP contribution in [-0.2, 0) is 9.47 Å². The molecule has 0 fully saturated rings. The van der Waals surface area contributed by atoms with E-state index >= 15 is 8.78 Å². The quantitative estimate of drug-likeness (QED) is 0.0772. The summed E-state index contributed by atoms with van der Waals surface area (Å²) in [7, 11) is 5.01. The van der Waals surface area contributed by atoms with Crippen LogP contribution in [0.3, 0.4) is 0 Å². The van der Waals surface area contributed by atoms with Crippen molar-refractivity contribution in [3.8, 4) is 17.2 Å². The molecular formula is C31H32F2N4O10. The van der Waals surface area contributed by atoms with Crippen LogP contribution in [-0.4, -0.2) is 69.0 Å². The minimum Gasteiger partial charge on any atom is -0.494 e. The number of anilines is 3. The van der Waals surface area contributed by atoms with Gasteiger partial charge in [0.2, 0.25) is 5.78 Å². The molecule has 0 bridgehead atoms. The van der Waals surface area contributed by atoms with E-state index in [-0.39, 0.29) is 52.8 Å². The van der Waals surface area contributed by atoms with Gasteiger partial charge in [-0.15, -0.1) is 0 Å². The molecule has 0 radical (unpaired) electrons. The molecule has 0 saturated heterocycles. The minimum absolute atomic E-state index is 0.0349. The second-order valence-corrected chi connectivity index (χ2v) is 10.9. The van der Waals surface area contributed by atoms with Crippen molar-refractivity contribution in [3.63, 3.8) is 0 Å². The number of nitro groups is 1. The maximum Gasteiger partial charge on any atom is 0.414 e. The molecule has 1 N–H and O–H groups in total. The van der Waals surface area contributed by atoms with E-state index in [0.29, 0.717) is 0 Å². The molecule has 0 unspecified atom stereocenters. The maximum atomic E-state index is 15.4. The fourth-order valence-corrected chi connectivity index (χ4v) is 4.40. The van der Waals surface area contributed by atoms with Crippen LogP contribution in [0.5, 0.6) is 17.2 Å². The highest BCUT2D eigenvalue weighted by Gasteiger charge is 2.35. The topological polar surface area (TPSA) is 165 Å². The van der Waals surface area contributed by atoms with Crippen molar-refractivity contribution >= 4 is 45.7 Å². The van der Waals surface area contributed by atoms with Gasteiger partial charge >= 0.3 is 6.09 Å². The Morgan fingerprint density at radius 1 is 1.04 bits per heavy atom. The number of rotatable bonds is 12. The van der Waals surface area contributed by atoms with Gasteiger partial charge in [0, 0.05) is 20.2 Å². The third-order valence-corrected chi connectivity index (χ3v) is 6.54. The Balaban J connectivity index is 1.87. The number of carbonyl (C=O) groups excluding carboxylic acids is 2. The number of carbonyl (C=O) groups is 2. The summed E-state index contributed by atoms with van der Waals surface area (Å²) >= 11 is 0. The number of ketones is 1. The van der Waals surface area contributed by atoms with E-state index in [4.69, 9.17) is 28.1 Å². The number of benzene rings is 2. The maximum absolute atomic E-state index is 15.4. The number of nitro benzene ring substituents is 1. The highest BCUT2D eigenvalue weighted by atomic mass is 19.1. The van der Waals surface area contributed by atoms with Gasteiger partial charge in [0.25, 0.3) is 5.69 Å². The molecule has 2 heterocycles. The summed E-state index contributed by atoms with van der Waals surface area (Å²) < 4.78 is 62.4. The molecule has 16 heteroatoms. The fraction of sp³-hybridized carbons (Fsp3) is 0.323. The number of hydrogen-bond donors (Lipinski definition) is 1. The van der Waals surface area contributed by atoms with E-state index in [1.165, 1.54) is 44.6 Å². The number of furan rings is 1. The van der Waals surface area contributed by atoms with Crippen molar-refractivity contribution in [1.29, 1.82) is 0 Å². The number of nitrogens with zero attached hydrogens (tertiary/aromatic N) is 3. The molecule has 14 nitrogen and oxygen atoms in total. The van der Waals surface area contributed by atoms with Gasteiger partial charge in [0.15, 0.2) is 34.5 Å². The van der Waals surface area contributed by atoms with E-state index in [1.807, 2.05) is 0 Å². The number of nitrogens with one attached hydrogen (secondary N) is 1. The lowest BCUT2D eigenvalue weighted by Gasteiger charge is -2.24. The van der Waals surface area contributed by atoms with Gasteiger partial charge in [0.05, 0.1) is 43.4 Å². The van der Waals surface area contributed by atoms with Crippen LogP contribution in [0.15, 0.2) is 40.9 Å². The molecule has 0 aliphatic rings. The second-order valence-electron chi connectivity index (χ2n) is 10.9. The highest BCUT2D eigenvalue weighted by molar-refractivity contribution is 6.17. The molecule has 4 aromatic rings. The van der Waals surface area contributed by atoms with Gasteiger partial charge in [-0.05, 0) is 39.0 Å². The molecule has 0 spiro atoms. The lowest BCUT2D eigenvalue weighted by molar-refractivity contribution is -0.384. The lowest BCUT2D eigenvalue weighted by Crippen LogP contribution is -2.34. The molecular weight excluding hydrogens is 626 g/mol. The predicted octanol–water partition coefficient (Wildman–Crippen LogP) is 6.40. The second kappa shape index (κ2) is 13.9. The summed E-state index contributed by atoms with van der Waals surface area (Å²) in [5.74, 6) is -5.27. The van der Waals surface area contributed by atoms with Crippen LogP contribution in [0.2, 0.25) is 0 Å². The number of ether oxygens (including phenoxy) is 5. The summed E-state index contributed by atoms with van der Waals surface area (Å²) in [6.45, 7) is 5.32. The van der Waals surface area contributed by atoms with Crippen LogP contribution in [0.4, 0.5) is 36.5 Å². The number of halogens is 2. The van der Waals surface area contributed by atoms with Crippen molar-refractivity contribution in [3.05, 3.63) is 69.6 Å². The Labute approximate surface area is 267 Å². The zero-order chi connectivity index (χ0) is 34.6. The number of pyridine rings is 1. The fourth-order valence-electron chi connectivity index (χ4n) is 4.40. The van der Waals surface area contributed by atoms with Gasteiger partial charge in [-0.25, -0.2) is 18.6 Å². The van der Waals surface area contributed by atoms with E-state index in [2.05, 4.69) is 10.3 Å². The van der Waals surface area contributed by atoms with Crippen LogP contribution >= 0.6 is 0 Å². The first kappa shape index (κ1) is 34.4. The molecule has 250 valence electrons. The molecule has 0 saturated carbocycles. The number of amides is 1. The summed E-state index contributed by atoms with van der Waals surface area (Å²) in [5, 5.41) is 14.8. The Morgan fingerprint density at radius 2 is 1.70 bits per heavy atom. The van der Waals surface area contributed by atoms with Crippen molar-refractivity contribution < 1.29 is 51.4 Å². The summed E-state index contributed by atoms with van der Waals surface area (Å²) in [5.41, 5.74) is -2.60. The van der Waals surface area contributed by atoms with Crippen molar-refractivity contribution in [1.82, 2.24) is 4.98 Å². The van der Waals surface area contributed by atoms with Crippen molar-refractivity contribution in [2.45, 2.75) is 26.4 Å². The number of aromatic nitrogens is 1. The zero-order valence-electron chi connectivity index (χ0n) is 26.6. The average Bonchev–Trinajstić information content (AvgIpc) is 3.39. The summed E-state index contributed by atoms with van der Waals surface area (Å²) in [6, 6.07) is 6.42.